The van der Waals surface area contributed by atoms with Gasteiger partial charge in [0.1, 0.15) is 5.54 Å². The molecule has 7 nitrogen and oxygen atoms in total. The maximum atomic E-state index is 12.5. The number of halogens is 1. The molecule has 0 radical (unpaired) electrons. The first kappa shape index (κ1) is 21.2. The van der Waals surface area contributed by atoms with Crippen molar-refractivity contribution in [3.05, 3.63) is 54.6 Å². The Labute approximate surface area is 164 Å². The van der Waals surface area contributed by atoms with Crippen molar-refractivity contribution in [1.29, 1.82) is 0 Å². The number of rotatable bonds is 5. The Morgan fingerprint density at radius 2 is 1.63 bits per heavy atom. The van der Waals surface area contributed by atoms with E-state index in [4.69, 9.17) is 10.5 Å². The molecule has 0 saturated carbocycles. The molecule has 0 aliphatic carbocycles. The third kappa shape index (κ3) is 5.20. The van der Waals surface area contributed by atoms with Crippen LogP contribution in [0.3, 0.4) is 0 Å². The molecule has 1 heterocycles. The topological polar surface area (TPSA) is 111 Å². The molecule has 0 spiro atoms. The summed E-state index contributed by atoms with van der Waals surface area (Å²) < 4.78 is 32.8. The molecule has 0 atom stereocenters. The Hall–Kier alpha value is -2.13. The van der Waals surface area contributed by atoms with Gasteiger partial charge in [0.15, 0.2) is 0 Å². The van der Waals surface area contributed by atoms with Gasteiger partial charge in [0, 0.05) is 24.6 Å². The summed E-state index contributed by atoms with van der Waals surface area (Å²) in [5.74, 6) is -0.341. The Bertz CT molecular complexity index is 884. The lowest BCUT2D eigenvalue weighted by Gasteiger charge is -2.31. The van der Waals surface area contributed by atoms with Gasteiger partial charge in [0.25, 0.3) is 10.0 Å². The number of sulfonamides is 1. The summed E-state index contributed by atoms with van der Waals surface area (Å²) in [6.07, 6.45) is 0.846. The Morgan fingerprint density at radius 3 is 2.30 bits per heavy atom. The molecule has 0 bridgehead atoms. The summed E-state index contributed by atoms with van der Waals surface area (Å²) in [5.41, 5.74) is 5.99. The van der Waals surface area contributed by atoms with Crippen molar-refractivity contribution < 1.29 is 17.9 Å². The molecule has 27 heavy (non-hydrogen) atoms. The third-order valence-electron chi connectivity index (χ3n) is 4.27. The molecule has 0 unspecified atom stereocenters. The van der Waals surface area contributed by atoms with Gasteiger partial charge < -0.3 is 15.8 Å². The average Bonchev–Trinajstić information content (AvgIpc) is 2.63. The van der Waals surface area contributed by atoms with Crippen LogP contribution in [-0.4, -0.2) is 33.1 Å². The van der Waals surface area contributed by atoms with E-state index in [1.54, 1.807) is 42.5 Å². The molecule has 1 amide bonds. The van der Waals surface area contributed by atoms with Crippen molar-refractivity contribution in [2.75, 3.05) is 23.3 Å². The monoisotopic (exact) mass is 411 g/mol. The molecule has 2 aromatic carbocycles. The molecule has 146 valence electrons. The first-order valence-electron chi connectivity index (χ1n) is 8.25. The van der Waals surface area contributed by atoms with Crippen molar-refractivity contribution in [2.45, 2.75) is 23.3 Å². The highest BCUT2D eigenvalue weighted by atomic mass is 35.5. The van der Waals surface area contributed by atoms with Crippen molar-refractivity contribution in [3.8, 4) is 0 Å². The SMILES string of the molecule is Cl.NC1(C(=O)Nc2cccc(S(=O)(=O)Nc3ccccc3)c2)CCOCC1. The first-order valence-corrected chi connectivity index (χ1v) is 9.73. The van der Waals surface area contributed by atoms with Gasteiger partial charge in [-0.25, -0.2) is 8.42 Å². The summed E-state index contributed by atoms with van der Waals surface area (Å²) in [5, 5.41) is 2.72. The van der Waals surface area contributed by atoms with E-state index in [2.05, 4.69) is 10.0 Å². The van der Waals surface area contributed by atoms with E-state index in [1.165, 1.54) is 12.1 Å². The Morgan fingerprint density at radius 1 is 1.00 bits per heavy atom. The predicted molar refractivity (Wildman–Crippen MR) is 107 cm³/mol. The van der Waals surface area contributed by atoms with Crippen LogP contribution in [0.15, 0.2) is 59.5 Å². The number of carbonyl (C=O) groups excluding carboxylic acids is 1. The van der Waals surface area contributed by atoms with Crippen LogP contribution >= 0.6 is 12.4 Å². The largest absolute Gasteiger partial charge is 0.381 e. The van der Waals surface area contributed by atoms with Crippen LogP contribution in [0.5, 0.6) is 0 Å². The predicted octanol–water partition coefficient (Wildman–Crippen LogP) is 2.36. The van der Waals surface area contributed by atoms with Crippen LogP contribution in [0.4, 0.5) is 11.4 Å². The number of hydrogen-bond donors (Lipinski definition) is 3. The summed E-state index contributed by atoms with van der Waals surface area (Å²) in [4.78, 5) is 12.5. The molecule has 0 aromatic heterocycles. The fourth-order valence-corrected chi connectivity index (χ4v) is 3.78. The van der Waals surface area contributed by atoms with E-state index in [9.17, 15) is 13.2 Å². The first-order chi connectivity index (χ1) is 12.4. The van der Waals surface area contributed by atoms with Crippen LogP contribution in [0.1, 0.15) is 12.8 Å². The normalized spacial score (nSPS) is 16.0. The number of hydrogen-bond acceptors (Lipinski definition) is 5. The summed E-state index contributed by atoms with van der Waals surface area (Å²) in [6, 6.07) is 14.7. The van der Waals surface area contributed by atoms with Gasteiger partial charge in [-0.2, -0.15) is 0 Å². The second-order valence-electron chi connectivity index (χ2n) is 6.22. The zero-order valence-corrected chi connectivity index (χ0v) is 16.2. The van der Waals surface area contributed by atoms with Crippen molar-refractivity contribution in [1.82, 2.24) is 0 Å². The quantitative estimate of drug-likeness (QED) is 0.699. The summed E-state index contributed by atoms with van der Waals surface area (Å²) in [7, 11) is -3.76. The van der Waals surface area contributed by atoms with E-state index in [0.29, 0.717) is 37.4 Å². The molecule has 3 rings (SSSR count). The smallest absolute Gasteiger partial charge is 0.261 e. The molecule has 2 aromatic rings. The van der Waals surface area contributed by atoms with Gasteiger partial charge in [0.05, 0.1) is 4.90 Å². The second kappa shape index (κ2) is 8.71. The molecular formula is C18H22ClN3O4S. The highest BCUT2D eigenvalue weighted by Crippen LogP contribution is 2.22. The van der Waals surface area contributed by atoms with E-state index in [0.717, 1.165) is 0 Å². The van der Waals surface area contributed by atoms with Crippen LogP contribution in [0.2, 0.25) is 0 Å². The molecule has 9 heteroatoms. The zero-order chi connectivity index (χ0) is 18.6. The number of para-hydroxylation sites is 1. The number of ether oxygens (including phenoxy) is 1. The standard InChI is InChI=1S/C18H21N3O4S.ClH/c19-18(9-11-25-12-10-18)17(22)20-15-7-4-8-16(13-15)26(23,24)21-14-5-2-1-3-6-14;/h1-8,13,21H,9-12,19H2,(H,20,22);1H. The van der Waals surface area contributed by atoms with Gasteiger partial charge in [-0.15, -0.1) is 12.4 Å². The Balaban J connectivity index is 0.00000261. The van der Waals surface area contributed by atoms with Crippen molar-refractivity contribution in [2.24, 2.45) is 5.73 Å². The summed E-state index contributed by atoms with van der Waals surface area (Å²) >= 11 is 0. The van der Waals surface area contributed by atoms with E-state index < -0.39 is 15.6 Å². The van der Waals surface area contributed by atoms with E-state index in [-0.39, 0.29) is 23.2 Å². The summed E-state index contributed by atoms with van der Waals surface area (Å²) in [6.45, 7) is 0.860. The van der Waals surface area contributed by atoms with Gasteiger partial charge >= 0.3 is 0 Å². The number of nitrogens with two attached hydrogens (primary N) is 1. The van der Waals surface area contributed by atoms with E-state index in [1.807, 2.05) is 0 Å². The minimum atomic E-state index is -3.76. The van der Waals surface area contributed by atoms with Crippen LogP contribution < -0.4 is 15.8 Å². The third-order valence-corrected chi connectivity index (χ3v) is 5.64. The maximum absolute atomic E-state index is 12.5. The van der Waals surface area contributed by atoms with E-state index >= 15 is 0 Å². The Kier molecular flexibility index (Phi) is 6.83. The van der Waals surface area contributed by atoms with Crippen molar-refractivity contribution >= 4 is 39.7 Å². The molecular weight excluding hydrogens is 390 g/mol. The molecule has 1 fully saturated rings. The number of anilines is 2. The second-order valence-corrected chi connectivity index (χ2v) is 7.90. The highest BCUT2D eigenvalue weighted by molar-refractivity contribution is 7.92. The molecule has 4 N–H and O–H groups in total. The number of benzene rings is 2. The lowest BCUT2D eigenvalue weighted by Crippen LogP contribution is -2.54. The fourth-order valence-electron chi connectivity index (χ4n) is 2.68. The lowest BCUT2D eigenvalue weighted by atomic mass is 9.90. The molecule has 1 saturated heterocycles. The highest BCUT2D eigenvalue weighted by Gasteiger charge is 2.36. The number of nitrogens with one attached hydrogen (secondary N) is 2. The van der Waals surface area contributed by atoms with Crippen LogP contribution in [0.25, 0.3) is 0 Å². The van der Waals surface area contributed by atoms with Crippen molar-refractivity contribution in [3.63, 3.8) is 0 Å². The average molecular weight is 412 g/mol. The maximum Gasteiger partial charge on any atom is 0.261 e. The number of amides is 1. The molecule has 1 aliphatic rings. The zero-order valence-electron chi connectivity index (χ0n) is 14.6. The van der Waals surface area contributed by atoms with Gasteiger partial charge in [-0.05, 0) is 43.2 Å². The van der Waals surface area contributed by atoms with Crippen LogP contribution in [-0.2, 0) is 19.6 Å². The number of carbonyl (C=O) groups is 1. The van der Waals surface area contributed by atoms with Gasteiger partial charge in [0.2, 0.25) is 5.91 Å². The van der Waals surface area contributed by atoms with Gasteiger partial charge in [-0.1, -0.05) is 24.3 Å². The minimum Gasteiger partial charge on any atom is -0.381 e. The van der Waals surface area contributed by atoms with Crippen LogP contribution in [0, 0.1) is 0 Å². The fraction of sp³-hybridized carbons (Fsp3) is 0.278. The lowest BCUT2D eigenvalue weighted by molar-refractivity contribution is -0.124. The molecule has 1 aliphatic heterocycles. The van der Waals surface area contributed by atoms with Gasteiger partial charge in [-0.3, -0.25) is 9.52 Å². The minimum absolute atomic E-state index is 0.